The summed E-state index contributed by atoms with van der Waals surface area (Å²) in [6, 6.07) is 16.5. The van der Waals surface area contributed by atoms with Crippen LogP contribution in [0.25, 0.3) is 11.0 Å². The van der Waals surface area contributed by atoms with Crippen molar-refractivity contribution < 1.29 is 0 Å². The van der Waals surface area contributed by atoms with Gasteiger partial charge in [0.25, 0.3) is 0 Å². The molecule has 2 heterocycles. The molecule has 7 heteroatoms. The van der Waals surface area contributed by atoms with Crippen molar-refractivity contribution in [1.82, 2.24) is 14.5 Å². The van der Waals surface area contributed by atoms with Gasteiger partial charge < -0.3 is 19.7 Å². The molecule has 0 bridgehead atoms. The largest absolute Gasteiger partial charge is 0.338 e. The smallest absolute Gasteiger partial charge is 0.214 e. The van der Waals surface area contributed by atoms with E-state index in [-0.39, 0.29) is 6.04 Å². The average molecular weight is 416 g/mol. The molecule has 1 unspecified atom stereocenters. The number of piperazine rings is 1. The first-order valence-electron chi connectivity index (χ1n) is 10.7. The molecule has 0 amide bonds. The predicted octanol–water partition coefficient (Wildman–Crippen LogP) is 3.98. The number of nitrogens with zero attached hydrogens (tertiary/aromatic N) is 6. The van der Waals surface area contributed by atoms with Crippen LogP contribution in [0.15, 0.2) is 53.5 Å². The minimum absolute atomic E-state index is 0.192. The summed E-state index contributed by atoms with van der Waals surface area (Å²) in [7, 11) is 2.07. The lowest BCUT2D eigenvalue weighted by atomic mass is 10.00. The Morgan fingerprint density at radius 2 is 1.90 bits per heavy atom. The molecular formula is C24H29N7. The molecular weight excluding hydrogens is 386 g/mol. The van der Waals surface area contributed by atoms with Crippen molar-refractivity contribution in [2.75, 3.05) is 29.9 Å². The SMILES string of the molecule is Cc1ccccc1N/C(=N\C#N)N1CCN(c2nc3ccccc3n2C)CC1C(C)C. The van der Waals surface area contributed by atoms with Gasteiger partial charge >= 0.3 is 0 Å². The fourth-order valence-electron chi connectivity index (χ4n) is 4.29. The van der Waals surface area contributed by atoms with E-state index in [9.17, 15) is 5.26 Å². The number of imidazole rings is 1. The molecule has 1 aliphatic heterocycles. The summed E-state index contributed by atoms with van der Waals surface area (Å²) in [5.41, 5.74) is 4.23. The van der Waals surface area contributed by atoms with E-state index >= 15 is 0 Å². The molecule has 1 saturated heterocycles. The third-order valence-electron chi connectivity index (χ3n) is 6.05. The van der Waals surface area contributed by atoms with E-state index < -0.39 is 0 Å². The van der Waals surface area contributed by atoms with Gasteiger partial charge in [0.2, 0.25) is 18.1 Å². The summed E-state index contributed by atoms with van der Waals surface area (Å²) in [5.74, 6) is 1.97. The molecule has 0 radical (unpaired) electrons. The van der Waals surface area contributed by atoms with E-state index in [2.05, 4.69) is 70.7 Å². The van der Waals surface area contributed by atoms with Crippen molar-refractivity contribution in [3.63, 3.8) is 0 Å². The Hall–Kier alpha value is -3.53. The Bertz CT molecular complexity index is 1140. The van der Waals surface area contributed by atoms with E-state index in [4.69, 9.17) is 4.98 Å². The molecule has 1 N–H and O–H groups in total. The van der Waals surface area contributed by atoms with E-state index in [1.807, 2.05) is 36.5 Å². The van der Waals surface area contributed by atoms with Crippen molar-refractivity contribution >= 4 is 28.6 Å². The van der Waals surface area contributed by atoms with Crippen molar-refractivity contribution in [2.45, 2.75) is 26.8 Å². The second kappa shape index (κ2) is 8.68. The van der Waals surface area contributed by atoms with Crippen LogP contribution in [0.1, 0.15) is 19.4 Å². The molecule has 7 nitrogen and oxygen atoms in total. The van der Waals surface area contributed by atoms with Crippen molar-refractivity contribution in [3.05, 3.63) is 54.1 Å². The average Bonchev–Trinajstić information content (AvgIpc) is 3.11. The molecule has 1 aromatic heterocycles. The Balaban J connectivity index is 1.61. The Morgan fingerprint density at radius 3 is 2.61 bits per heavy atom. The number of nitrogens with one attached hydrogen (secondary N) is 1. The first-order chi connectivity index (χ1) is 15.0. The lowest BCUT2D eigenvalue weighted by molar-refractivity contribution is 0.223. The van der Waals surface area contributed by atoms with Gasteiger partial charge in [0.05, 0.1) is 17.1 Å². The minimum Gasteiger partial charge on any atom is -0.338 e. The standard InChI is InChI=1S/C24H29N7/c1-17(2)22-15-30(24-28-20-11-7-8-12-21(20)29(24)4)13-14-31(22)23(26-16-25)27-19-10-6-5-9-18(19)3/h5-12,17,22H,13-15H2,1-4H3,(H,26,27). The van der Waals surface area contributed by atoms with E-state index in [1.165, 1.54) is 0 Å². The number of hydrogen-bond donors (Lipinski definition) is 1. The maximum atomic E-state index is 9.36. The van der Waals surface area contributed by atoms with Gasteiger partial charge in [0, 0.05) is 32.4 Å². The van der Waals surface area contributed by atoms with Crippen LogP contribution in [0.3, 0.4) is 0 Å². The summed E-state index contributed by atoms with van der Waals surface area (Å²) >= 11 is 0. The van der Waals surface area contributed by atoms with Gasteiger partial charge in [-0.25, -0.2) is 4.98 Å². The molecule has 0 spiro atoms. The zero-order valence-electron chi connectivity index (χ0n) is 18.6. The quantitative estimate of drug-likeness (QED) is 0.398. The number of nitriles is 1. The number of para-hydroxylation sites is 3. The van der Waals surface area contributed by atoms with Gasteiger partial charge in [-0.2, -0.15) is 5.26 Å². The number of anilines is 2. The highest BCUT2D eigenvalue weighted by molar-refractivity contribution is 5.95. The van der Waals surface area contributed by atoms with Gasteiger partial charge in [-0.1, -0.05) is 44.2 Å². The summed E-state index contributed by atoms with van der Waals surface area (Å²) in [6.07, 6.45) is 1.99. The lowest BCUT2D eigenvalue weighted by Gasteiger charge is -2.44. The molecule has 4 rings (SSSR count). The number of aromatic nitrogens is 2. The topological polar surface area (TPSA) is 72.5 Å². The summed E-state index contributed by atoms with van der Waals surface area (Å²) in [5, 5.41) is 12.8. The highest BCUT2D eigenvalue weighted by atomic mass is 15.4. The van der Waals surface area contributed by atoms with Crippen LogP contribution in [-0.2, 0) is 7.05 Å². The summed E-state index contributed by atoms with van der Waals surface area (Å²) < 4.78 is 2.16. The Kier molecular flexibility index (Phi) is 5.81. The highest BCUT2D eigenvalue weighted by Crippen LogP contribution is 2.26. The summed E-state index contributed by atoms with van der Waals surface area (Å²) in [6.45, 7) is 8.86. The number of benzene rings is 2. The minimum atomic E-state index is 0.192. The Morgan fingerprint density at radius 1 is 1.16 bits per heavy atom. The highest BCUT2D eigenvalue weighted by Gasteiger charge is 2.33. The van der Waals surface area contributed by atoms with Gasteiger partial charge in [-0.15, -0.1) is 4.99 Å². The van der Waals surface area contributed by atoms with E-state index in [1.54, 1.807) is 0 Å². The molecule has 1 aliphatic rings. The predicted molar refractivity (Wildman–Crippen MR) is 126 cm³/mol. The summed E-state index contributed by atoms with van der Waals surface area (Å²) in [4.78, 5) is 13.6. The molecule has 1 fully saturated rings. The van der Waals surface area contributed by atoms with Crippen LogP contribution < -0.4 is 10.2 Å². The molecule has 0 saturated carbocycles. The van der Waals surface area contributed by atoms with E-state index in [0.29, 0.717) is 11.9 Å². The van der Waals surface area contributed by atoms with Gasteiger partial charge in [-0.3, -0.25) is 0 Å². The molecule has 0 aliphatic carbocycles. The van der Waals surface area contributed by atoms with Crippen molar-refractivity contribution in [3.8, 4) is 6.19 Å². The van der Waals surface area contributed by atoms with Crippen molar-refractivity contribution in [2.24, 2.45) is 18.0 Å². The van der Waals surface area contributed by atoms with Gasteiger partial charge in [0.15, 0.2) is 0 Å². The lowest BCUT2D eigenvalue weighted by Crippen LogP contribution is -2.59. The Labute approximate surface area is 183 Å². The third-order valence-corrected chi connectivity index (χ3v) is 6.05. The zero-order chi connectivity index (χ0) is 22.0. The first kappa shape index (κ1) is 20.7. The van der Waals surface area contributed by atoms with Crippen LogP contribution in [0.5, 0.6) is 0 Å². The van der Waals surface area contributed by atoms with Crippen LogP contribution in [0.4, 0.5) is 11.6 Å². The van der Waals surface area contributed by atoms with Gasteiger partial charge in [-0.05, 0) is 36.6 Å². The van der Waals surface area contributed by atoms with Crippen molar-refractivity contribution in [1.29, 1.82) is 5.26 Å². The normalized spacial score (nSPS) is 17.3. The maximum Gasteiger partial charge on any atom is 0.214 e. The fourth-order valence-corrected chi connectivity index (χ4v) is 4.29. The van der Waals surface area contributed by atoms with E-state index in [0.717, 1.165) is 47.9 Å². The van der Waals surface area contributed by atoms with Gasteiger partial charge in [0.1, 0.15) is 0 Å². The first-order valence-corrected chi connectivity index (χ1v) is 10.7. The number of fused-ring (bicyclic) bond motifs is 1. The third kappa shape index (κ3) is 4.06. The second-order valence-corrected chi connectivity index (χ2v) is 8.39. The molecule has 2 aromatic carbocycles. The number of hydrogen-bond acceptors (Lipinski definition) is 4. The second-order valence-electron chi connectivity index (χ2n) is 8.39. The number of guanidine groups is 1. The van der Waals surface area contributed by atoms with Crippen LogP contribution in [0, 0.1) is 24.3 Å². The number of aryl methyl sites for hydroxylation is 2. The number of aliphatic imine (C=N–C) groups is 1. The molecule has 3 aromatic rings. The monoisotopic (exact) mass is 415 g/mol. The maximum absolute atomic E-state index is 9.36. The molecule has 31 heavy (non-hydrogen) atoms. The van der Waals surface area contributed by atoms with Crippen LogP contribution >= 0.6 is 0 Å². The van der Waals surface area contributed by atoms with Crippen LogP contribution in [0.2, 0.25) is 0 Å². The van der Waals surface area contributed by atoms with Crippen LogP contribution in [-0.4, -0.2) is 46.1 Å². The molecule has 1 atom stereocenters. The molecule has 160 valence electrons. The fraction of sp³-hybridized carbons (Fsp3) is 0.375. The zero-order valence-corrected chi connectivity index (χ0v) is 18.6. The number of rotatable bonds is 3.